The number of unbranched alkanes of at least 4 members (excludes halogenated alkanes) is 2. The molecular weight excluding hydrogens is 178 g/mol. The van der Waals surface area contributed by atoms with Gasteiger partial charge in [0.05, 0.1) is 34.3 Å². The molecule has 84 valence electrons. The van der Waals surface area contributed by atoms with Gasteiger partial charge in [-0.2, -0.15) is 0 Å². The lowest BCUT2D eigenvalue weighted by Gasteiger charge is -2.23. The zero-order valence-corrected chi connectivity index (χ0v) is 10.0. The molecule has 0 radical (unpaired) electrons. The van der Waals surface area contributed by atoms with Gasteiger partial charge in [-0.1, -0.05) is 0 Å². The lowest BCUT2D eigenvalue weighted by atomic mass is 10.2. The lowest BCUT2D eigenvalue weighted by Crippen LogP contribution is -2.35. The van der Waals surface area contributed by atoms with Crippen molar-refractivity contribution in [2.75, 3.05) is 34.3 Å². The molecule has 0 heterocycles. The van der Waals surface area contributed by atoms with Crippen molar-refractivity contribution < 1.29 is 14.0 Å². The Morgan fingerprint density at radius 2 is 1.79 bits per heavy atom. The van der Waals surface area contributed by atoms with E-state index in [1.54, 1.807) is 0 Å². The fourth-order valence-electron chi connectivity index (χ4n) is 1.27. The van der Waals surface area contributed by atoms with Gasteiger partial charge in [-0.25, -0.2) is 0 Å². The van der Waals surface area contributed by atoms with Gasteiger partial charge in [0.2, 0.25) is 0 Å². The van der Waals surface area contributed by atoms with Gasteiger partial charge in [0.25, 0.3) is 0 Å². The molecule has 0 amide bonds. The molecule has 0 rings (SSSR count). The molecule has 0 saturated heterocycles. The lowest BCUT2D eigenvalue weighted by molar-refractivity contribution is -0.870. The first-order valence-corrected chi connectivity index (χ1v) is 5.42. The van der Waals surface area contributed by atoms with Crippen LogP contribution in [0.25, 0.3) is 0 Å². The Morgan fingerprint density at radius 1 is 1.14 bits per heavy atom. The van der Waals surface area contributed by atoms with E-state index in [1.807, 2.05) is 6.92 Å². The van der Waals surface area contributed by atoms with Crippen molar-refractivity contribution in [3.05, 3.63) is 0 Å². The summed E-state index contributed by atoms with van der Waals surface area (Å²) in [7, 11) is 6.56. The van der Waals surface area contributed by atoms with E-state index in [4.69, 9.17) is 4.74 Å². The zero-order chi connectivity index (χ0) is 11.0. The Balaban J connectivity index is 3.26. The van der Waals surface area contributed by atoms with E-state index >= 15 is 0 Å². The van der Waals surface area contributed by atoms with Crippen LogP contribution in [0.4, 0.5) is 0 Å². The highest BCUT2D eigenvalue weighted by Crippen LogP contribution is 2.04. The highest BCUT2D eigenvalue weighted by molar-refractivity contribution is 5.69. The standard InChI is InChI=1S/C11H24NO2/c1-5-14-11(13)9-7-6-8-10-12(2,3)4/h5-10H2,1-4H3/q+1. The van der Waals surface area contributed by atoms with E-state index in [0.717, 1.165) is 17.3 Å². The summed E-state index contributed by atoms with van der Waals surface area (Å²) in [4.78, 5) is 11.0. The molecule has 0 atom stereocenters. The van der Waals surface area contributed by atoms with Crippen LogP contribution in [0, 0.1) is 0 Å². The van der Waals surface area contributed by atoms with Crippen LogP contribution in [-0.2, 0) is 9.53 Å². The first kappa shape index (κ1) is 13.4. The van der Waals surface area contributed by atoms with Gasteiger partial charge in [-0.15, -0.1) is 0 Å². The van der Waals surface area contributed by atoms with Gasteiger partial charge in [0, 0.05) is 6.42 Å². The molecule has 0 saturated carbocycles. The van der Waals surface area contributed by atoms with E-state index in [-0.39, 0.29) is 5.97 Å². The molecule has 0 fully saturated rings. The van der Waals surface area contributed by atoms with Crippen molar-refractivity contribution in [3.8, 4) is 0 Å². The molecule has 14 heavy (non-hydrogen) atoms. The summed E-state index contributed by atoms with van der Waals surface area (Å²) in [5, 5.41) is 0. The van der Waals surface area contributed by atoms with Crippen molar-refractivity contribution in [2.24, 2.45) is 0 Å². The Morgan fingerprint density at radius 3 is 2.29 bits per heavy atom. The topological polar surface area (TPSA) is 26.3 Å². The summed E-state index contributed by atoms with van der Waals surface area (Å²) in [6, 6.07) is 0. The third-order valence-electron chi connectivity index (χ3n) is 2.02. The molecule has 0 aromatic heterocycles. The highest BCUT2D eigenvalue weighted by Gasteiger charge is 2.06. The molecular formula is C11H24NO2+. The quantitative estimate of drug-likeness (QED) is 0.357. The van der Waals surface area contributed by atoms with Crippen molar-refractivity contribution in [1.29, 1.82) is 0 Å². The number of quaternary nitrogens is 1. The second-order valence-electron chi connectivity index (χ2n) is 4.63. The van der Waals surface area contributed by atoms with Crippen LogP contribution < -0.4 is 0 Å². The maximum absolute atomic E-state index is 11.0. The summed E-state index contributed by atoms with van der Waals surface area (Å²) >= 11 is 0. The van der Waals surface area contributed by atoms with Gasteiger partial charge in [0.1, 0.15) is 0 Å². The normalized spacial score (nSPS) is 11.4. The number of hydrogen-bond donors (Lipinski definition) is 0. The zero-order valence-electron chi connectivity index (χ0n) is 10.0. The van der Waals surface area contributed by atoms with E-state index in [2.05, 4.69) is 21.1 Å². The smallest absolute Gasteiger partial charge is 0.305 e. The van der Waals surface area contributed by atoms with Gasteiger partial charge in [0.15, 0.2) is 0 Å². The minimum atomic E-state index is -0.0576. The van der Waals surface area contributed by atoms with Crippen molar-refractivity contribution >= 4 is 5.97 Å². The highest BCUT2D eigenvalue weighted by atomic mass is 16.5. The molecule has 0 aliphatic carbocycles. The average molecular weight is 202 g/mol. The molecule has 0 aromatic rings. The molecule has 0 N–H and O–H groups in total. The van der Waals surface area contributed by atoms with Crippen molar-refractivity contribution in [1.82, 2.24) is 0 Å². The average Bonchev–Trinajstić information content (AvgIpc) is 2.02. The van der Waals surface area contributed by atoms with E-state index in [1.165, 1.54) is 13.0 Å². The third-order valence-corrected chi connectivity index (χ3v) is 2.02. The molecule has 0 bridgehead atoms. The Bertz CT molecular complexity index is 161. The number of hydrogen-bond acceptors (Lipinski definition) is 2. The number of ether oxygens (including phenoxy) is 1. The SMILES string of the molecule is CCOC(=O)CCCCC[N+](C)(C)C. The van der Waals surface area contributed by atoms with Gasteiger partial charge in [-0.05, 0) is 26.2 Å². The third kappa shape index (κ3) is 9.52. The van der Waals surface area contributed by atoms with Crippen LogP contribution in [0.15, 0.2) is 0 Å². The summed E-state index contributed by atoms with van der Waals surface area (Å²) < 4.78 is 5.85. The summed E-state index contributed by atoms with van der Waals surface area (Å²) in [6.45, 7) is 3.51. The number of esters is 1. The molecule has 0 spiro atoms. The number of rotatable bonds is 7. The van der Waals surface area contributed by atoms with E-state index < -0.39 is 0 Å². The minimum Gasteiger partial charge on any atom is -0.466 e. The molecule has 0 aliphatic heterocycles. The maximum atomic E-state index is 11.0. The number of carbonyl (C=O) groups is 1. The largest absolute Gasteiger partial charge is 0.466 e. The first-order valence-electron chi connectivity index (χ1n) is 5.42. The van der Waals surface area contributed by atoms with E-state index in [9.17, 15) is 4.79 Å². The van der Waals surface area contributed by atoms with Gasteiger partial charge in [-0.3, -0.25) is 4.79 Å². The minimum absolute atomic E-state index is 0.0576. The van der Waals surface area contributed by atoms with Crippen LogP contribution in [0.1, 0.15) is 32.6 Å². The van der Waals surface area contributed by atoms with Crippen LogP contribution in [0.3, 0.4) is 0 Å². The molecule has 0 unspecified atom stereocenters. The molecule has 0 aromatic carbocycles. The van der Waals surface area contributed by atoms with Crippen LogP contribution >= 0.6 is 0 Å². The van der Waals surface area contributed by atoms with Crippen molar-refractivity contribution in [3.63, 3.8) is 0 Å². The van der Waals surface area contributed by atoms with Gasteiger partial charge < -0.3 is 9.22 Å². The van der Waals surface area contributed by atoms with Crippen LogP contribution in [-0.4, -0.2) is 44.7 Å². The Labute approximate surface area is 87.6 Å². The van der Waals surface area contributed by atoms with Crippen LogP contribution in [0.5, 0.6) is 0 Å². The van der Waals surface area contributed by atoms with Crippen LogP contribution in [0.2, 0.25) is 0 Å². The van der Waals surface area contributed by atoms with Gasteiger partial charge >= 0.3 is 5.97 Å². The predicted molar refractivity (Wildman–Crippen MR) is 58.0 cm³/mol. The van der Waals surface area contributed by atoms with E-state index in [0.29, 0.717) is 13.0 Å². The maximum Gasteiger partial charge on any atom is 0.305 e. The Kier molecular flexibility index (Phi) is 6.54. The summed E-state index contributed by atoms with van der Waals surface area (Å²) in [5.74, 6) is -0.0576. The molecule has 3 nitrogen and oxygen atoms in total. The second-order valence-corrected chi connectivity index (χ2v) is 4.63. The Hall–Kier alpha value is -0.570. The first-order chi connectivity index (χ1) is 6.45. The summed E-state index contributed by atoms with van der Waals surface area (Å²) in [6.07, 6.45) is 3.83. The number of nitrogens with zero attached hydrogens (tertiary/aromatic N) is 1. The fraction of sp³-hybridized carbons (Fsp3) is 0.909. The fourth-order valence-corrected chi connectivity index (χ4v) is 1.27. The summed E-state index contributed by atoms with van der Waals surface area (Å²) in [5.41, 5.74) is 0. The molecule has 3 heteroatoms. The predicted octanol–water partition coefficient (Wildman–Crippen LogP) is 1.82. The van der Waals surface area contributed by atoms with Crippen molar-refractivity contribution in [2.45, 2.75) is 32.6 Å². The second kappa shape index (κ2) is 6.82. The number of carbonyl (C=O) groups excluding carboxylic acids is 1. The molecule has 0 aliphatic rings. The monoisotopic (exact) mass is 202 g/mol.